The van der Waals surface area contributed by atoms with E-state index in [-0.39, 0.29) is 11.9 Å². The molecule has 1 heterocycles. The number of nitrogens with two attached hydrogens (primary N) is 1. The molecule has 20 heavy (non-hydrogen) atoms. The zero-order chi connectivity index (χ0) is 14.7. The Morgan fingerprint density at radius 1 is 1.45 bits per heavy atom. The van der Waals surface area contributed by atoms with Gasteiger partial charge in [0.2, 0.25) is 0 Å². The Morgan fingerprint density at radius 2 is 2.15 bits per heavy atom. The van der Waals surface area contributed by atoms with Crippen LogP contribution in [0.25, 0.3) is 0 Å². The fourth-order valence-electron chi connectivity index (χ4n) is 2.25. The van der Waals surface area contributed by atoms with Crippen LogP contribution >= 0.6 is 15.9 Å². The fourth-order valence-corrected chi connectivity index (χ4v) is 3.03. The smallest absolute Gasteiger partial charge is 0.128 e. The van der Waals surface area contributed by atoms with Crippen LogP contribution in [0.1, 0.15) is 29.9 Å². The van der Waals surface area contributed by atoms with Crippen LogP contribution in [-0.2, 0) is 19.9 Å². The Hall–Kier alpha value is -1.24. The minimum Gasteiger partial charge on any atom is -0.271 e. The predicted octanol–water partition coefficient (Wildman–Crippen LogP) is 2.63. The number of hydrogen-bond donors (Lipinski definition) is 2. The molecule has 1 aromatic heterocycles. The maximum atomic E-state index is 13.9. The second-order valence-corrected chi connectivity index (χ2v) is 5.42. The number of rotatable bonds is 5. The highest BCUT2D eigenvalue weighted by Crippen LogP contribution is 2.27. The quantitative estimate of drug-likeness (QED) is 0.649. The molecule has 0 bridgehead atoms. The lowest BCUT2D eigenvalue weighted by atomic mass is 10.0. The van der Waals surface area contributed by atoms with Crippen molar-refractivity contribution in [2.75, 3.05) is 0 Å². The van der Waals surface area contributed by atoms with Gasteiger partial charge in [-0.2, -0.15) is 5.10 Å². The monoisotopic (exact) mass is 340 g/mol. The van der Waals surface area contributed by atoms with Crippen molar-refractivity contribution in [3.05, 3.63) is 51.5 Å². The highest BCUT2D eigenvalue weighted by molar-refractivity contribution is 9.10. The maximum absolute atomic E-state index is 13.9. The Kier molecular flexibility index (Phi) is 4.91. The van der Waals surface area contributed by atoms with Gasteiger partial charge in [0, 0.05) is 19.0 Å². The first-order valence-corrected chi connectivity index (χ1v) is 7.28. The summed E-state index contributed by atoms with van der Waals surface area (Å²) in [5.74, 6) is 5.34. The highest BCUT2D eigenvalue weighted by atomic mass is 79.9. The van der Waals surface area contributed by atoms with Crippen LogP contribution in [0.15, 0.2) is 28.7 Å². The molecule has 0 radical (unpaired) electrons. The maximum Gasteiger partial charge on any atom is 0.128 e. The van der Waals surface area contributed by atoms with Crippen molar-refractivity contribution in [3.8, 4) is 0 Å². The number of halogens is 2. The lowest BCUT2D eigenvalue weighted by Crippen LogP contribution is -2.30. The Bertz CT molecular complexity index is 597. The Labute approximate surface area is 126 Å². The van der Waals surface area contributed by atoms with E-state index in [1.165, 1.54) is 6.07 Å². The number of hydrazine groups is 1. The lowest BCUT2D eigenvalue weighted by Gasteiger charge is -2.17. The van der Waals surface area contributed by atoms with Crippen LogP contribution in [0.2, 0.25) is 0 Å². The number of hydrogen-bond acceptors (Lipinski definition) is 3. The zero-order valence-corrected chi connectivity index (χ0v) is 13.1. The summed E-state index contributed by atoms with van der Waals surface area (Å²) < 4.78 is 16.7. The van der Waals surface area contributed by atoms with Crippen molar-refractivity contribution >= 4 is 15.9 Å². The number of aryl methyl sites for hydroxylation is 2. The molecule has 108 valence electrons. The van der Waals surface area contributed by atoms with E-state index in [0.29, 0.717) is 12.0 Å². The van der Waals surface area contributed by atoms with Crippen molar-refractivity contribution < 1.29 is 4.39 Å². The molecule has 4 nitrogen and oxygen atoms in total. The minimum absolute atomic E-state index is 0.260. The molecule has 0 aliphatic heterocycles. The molecule has 6 heteroatoms. The number of aromatic nitrogens is 2. The van der Waals surface area contributed by atoms with Gasteiger partial charge in [-0.05, 0) is 28.4 Å². The van der Waals surface area contributed by atoms with E-state index in [1.54, 1.807) is 18.2 Å². The first-order chi connectivity index (χ1) is 9.58. The van der Waals surface area contributed by atoms with E-state index in [2.05, 4.69) is 26.5 Å². The Morgan fingerprint density at radius 3 is 2.70 bits per heavy atom. The molecule has 1 atom stereocenters. The molecule has 0 fully saturated rings. The van der Waals surface area contributed by atoms with Crippen LogP contribution in [0.3, 0.4) is 0 Å². The molecule has 0 saturated carbocycles. The van der Waals surface area contributed by atoms with E-state index in [4.69, 9.17) is 5.84 Å². The second kappa shape index (κ2) is 6.47. The molecule has 0 aliphatic carbocycles. The summed E-state index contributed by atoms with van der Waals surface area (Å²) in [6, 6.07) is 6.35. The summed E-state index contributed by atoms with van der Waals surface area (Å²) in [4.78, 5) is 0. The van der Waals surface area contributed by atoms with Crippen LogP contribution in [0.4, 0.5) is 4.39 Å². The van der Waals surface area contributed by atoms with Gasteiger partial charge in [0.05, 0.1) is 21.9 Å². The molecule has 3 N–H and O–H groups in total. The summed E-state index contributed by atoms with van der Waals surface area (Å²) in [6.07, 6.45) is 1.40. The third-order valence-corrected chi connectivity index (χ3v) is 4.30. The van der Waals surface area contributed by atoms with Crippen molar-refractivity contribution in [3.63, 3.8) is 0 Å². The average molecular weight is 341 g/mol. The van der Waals surface area contributed by atoms with E-state index < -0.39 is 0 Å². The van der Waals surface area contributed by atoms with Gasteiger partial charge in [0.25, 0.3) is 0 Å². The standard InChI is InChI=1S/C14H18BrFN4/c1-3-11-14(15)13(20(2)19-11)8-12(18-17)9-6-4-5-7-10(9)16/h4-7,12,18H,3,8,17H2,1-2H3. The molecule has 0 saturated heterocycles. The predicted molar refractivity (Wildman–Crippen MR) is 80.5 cm³/mol. The molecular weight excluding hydrogens is 323 g/mol. The second-order valence-electron chi connectivity index (χ2n) is 4.63. The van der Waals surface area contributed by atoms with Crippen LogP contribution in [0.5, 0.6) is 0 Å². The molecule has 1 unspecified atom stereocenters. The summed E-state index contributed by atoms with van der Waals surface area (Å²) >= 11 is 3.57. The molecule has 2 aromatic rings. The molecule has 2 rings (SSSR count). The Balaban J connectivity index is 2.32. The van der Waals surface area contributed by atoms with Crippen molar-refractivity contribution in [2.45, 2.75) is 25.8 Å². The van der Waals surface area contributed by atoms with Gasteiger partial charge < -0.3 is 0 Å². The van der Waals surface area contributed by atoms with Gasteiger partial charge >= 0.3 is 0 Å². The summed E-state index contributed by atoms with van der Waals surface area (Å²) in [6.45, 7) is 2.05. The lowest BCUT2D eigenvalue weighted by molar-refractivity contribution is 0.496. The number of benzene rings is 1. The van der Waals surface area contributed by atoms with Crippen LogP contribution in [0, 0.1) is 5.82 Å². The van der Waals surface area contributed by atoms with E-state index in [0.717, 1.165) is 22.3 Å². The summed E-state index contributed by atoms with van der Waals surface area (Å²) in [7, 11) is 1.88. The minimum atomic E-state index is -0.299. The molecule has 1 aromatic carbocycles. The van der Waals surface area contributed by atoms with Crippen LogP contribution in [-0.4, -0.2) is 9.78 Å². The van der Waals surface area contributed by atoms with Crippen molar-refractivity contribution in [1.29, 1.82) is 0 Å². The summed E-state index contributed by atoms with van der Waals surface area (Å²) in [5, 5.41) is 4.44. The fraction of sp³-hybridized carbons (Fsp3) is 0.357. The van der Waals surface area contributed by atoms with Gasteiger partial charge in [-0.15, -0.1) is 0 Å². The van der Waals surface area contributed by atoms with E-state index >= 15 is 0 Å². The van der Waals surface area contributed by atoms with Crippen molar-refractivity contribution in [2.24, 2.45) is 12.9 Å². The third kappa shape index (κ3) is 2.92. The van der Waals surface area contributed by atoms with Crippen molar-refractivity contribution in [1.82, 2.24) is 15.2 Å². The van der Waals surface area contributed by atoms with Crippen LogP contribution < -0.4 is 11.3 Å². The third-order valence-electron chi connectivity index (χ3n) is 3.38. The zero-order valence-electron chi connectivity index (χ0n) is 11.5. The normalized spacial score (nSPS) is 12.7. The van der Waals surface area contributed by atoms with Gasteiger partial charge in [-0.25, -0.2) is 4.39 Å². The first kappa shape index (κ1) is 15.2. The number of nitrogens with one attached hydrogen (secondary N) is 1. The largest absolute Gasteiger partial charge is 0.271 e. The van der Waals surface area contributed by atoms with Gasteiger partial charge in [-0.3, -0.25) is 16.0 Å². The molecule has 0 amide bonds. The number of nitrogens with zero attached hydrogens (tertiary/aromatic N) is 2. The molecule has 0 aliphatic rings. The van der Waals surface area contributed by atoms with Gasteiger partial charge in [0.1, 0.15) is 5.82 Å². The highest BCUT2D eigenvalue weighted by Gasteiger charge is 2.20. The van der Waals surface area contributed by atoms with E-state index in [1.807, 2.05) is 18.7 Å². The topological polar surface area (TPSA) is 55.9 Å². The SMILES string of the molecule is CCc1nn(C)c(CC(NN)c2ccccc2F)c1Br. The first-order valence-electron chi connectivity index (χ1n) is 6.49. The van der Waals surface area contributed by atoms with Gasteiger partial charge in [0.15, 0.2) is 0 Å². The average Bonchev–Trinajstić information content (AvgIpc) is 2.72. The summed E-state index contributed by atoms with van der Waals surface area (Å²) in [5.41, 5.74) is 5.23. The molecular formula is C14H18BrFN4. The van der Waals surface area contributed by atoms with E-state index in [9.17, 15) is 4.39 Å². The van der Waals surface area contributed by atoms with Gasteiger partial charge in [-0.1, -0.05) is 25.1 Å². The molecule has 0 spiro atoms.